The van der Waals surface area contributed by atoms with E-state index < -0.39 is 5.91 Å². The van der Waals surface area contributed by atoms with Crippen molar-refractivity contribution in [1.29, 1.82) is 5.53 Å². The van der Waals surface area contributed by atoms with Gasteiger partial charge in [-0.3, -0.25) is 4.79 Å². The summed E-state index contributed by atoms with van der Waals surface area (Å²) in [5, 5.41) is 2.79. The standard InChI is InChI=1S/C8H5IN4O/c9-4-1-2-5-6(3-4)12-7(11-5)8(14)13-10/h1-3,10H,(H,11,12). The smallest absolute Gasteiger partial charge is 0.330 e. The van der Waals surface area contributed by atoms with Gasteiger partial charge in [0, 0.05) is 3.57 Å². The molecule has 0 aliphatic heterocycles. The molecule has 0 saturated carbocycles. The summed E-state index contributed by atoms with van der Waals surface area (Å²) in [7, 11) is 0. The number of aromatic amines is 1. The molecular weight excluding hydrogens is 295 g/mol. The van der Waals surface area contributed by atoms with Crippen LogP contribution in [0.5, 0.6) is 0 Å². The van der Waals surface area contributed by atoms with Crippen molar-refractivity contribution in [3.05, 3.63) is 27.6 Å². The molecule has 1 aromatic carbocycles. The summed E-state index contributed by atoms with van der Waals surface area (Å²) in [5.74, 6) is -0.548. The number of H-pyrrole nitrogens is 1. The molecule has 2 rings (SSSR count). The van der Waals surface area contributed by atoms with Crippen molar-refractivity contribution in [2.45, 2.75) is 0 Å². The Morgan fingerprint density at radius 3 is 3.07 bits per heavy atom. The normalized spacial score (nSPS) is 10.4. The first-order chi connectivity index (χ1) is 6.70. The average Bonchev–Trinajstić information content (AvgIpc) is 2.59. The Labute approximate surface area is 92.6 Å². The van der Waals surface area contributed by atoms with Crippen LogP contribution in [0.4, 0.5) is 0 Å². The van der Waals surface area contributed by atoms with Gasteiger partial charge in [-0.15, -0.1) is 5.11 Å². The third-order valence-electron chi connectivity index (χ3n) is 1.75. The summed E-state index contributed by atoms with van der Waals surface area (Å²) in [6, 6.07) is 5.59. The molecule has 2 aromatic rings. The van der Waals surface area contributed by atoms with Gasteiger partial charge in [-0.1, -0.05) is 0 Å². The van der Waals surface area contributed by atoms with E-state index >= 15 is 0 Å². The summed E-state index contributed by atoms with van der Waals surface area (Å²) in [6.45, 7) is 0. The summed E-state index contributed by atoms with van der Waals surface area (Å²) < 4.78 is 1.06. The van der Waals surface area contributed by atoms with Gasteiger partial charge in [-0.2, -0.15) is 0 Å². The van der Waals surface area contributed by atoms with Crippen LogP contribution in [0.25, 0.3) is 11.0 Å². The Kier molecular flexibility index (Phi) is 2.28. The molecule has 14 heavy (non-hydrogen) atoms. The third-order valence-corrected chi connectivity index (χ3v) is 2.42. The van der Waals surface area contributed by atoms with E-state index in [4.69, 9.17) is 5.53 Å². The highest BCUT2D eigenvalue weighted by molar-refractivity contribution is 14.1. The minimum atomic E-state index is -0.656. The number of amides is 1. The molecule has 2 N–H and O–H groups in total. The Morgan fingerprint density at radius 1 is 1.57 bits per heavy atom. The quantitative estimate of drug-likeness (QED) is 0.626. The largest absolute Gasteiger partial charge is 0.334 e. The number of benzene rings is 1. The third kappa shape index (κ3) is 1.52. The Hall–Kier alpha value is -1.31. The van der Waals surface area contributed by atoms with Gasteiger partial charge in [0.1, 0.15) is 0 Å². The van der Waals surface area contributed by atoms with Gasteiger partial charge < -0.3 is 4.98 Å². The number of carbonyl (C=O) groups is 1. The van der Waals surface area contributed by atoms with Crippen LogP contribution in [0.2, 0.25) is 0 Å². The fraction of sp³-hybridized carbons (Fsp3) is 0. The molecule has 5 nitrogen and oxygen atoms in total. The van der Waals surface area contributed by atoms with E-state index in [2.05, 4.69) is 37.7 Å². The van der Waals surface area contributed by atoms with Crippen LogP contribution >= 0.6 is 22.6 Å². The number of aromatic nitrogens is 2. The molecule has 0 bridgehead atoms. The molecular formula is C8H5IN4O. The molecule has 1 aromatic heterocycles. The molecule has 1 heterocycles. The van der Waals surface area contributed by atoms with Crippen molar-refractivity contribution in [2.75, 3.05) is 0 Å². The SMILES string of the molecule is N=NC(=O)c1nc2ccc(I)cc2[nH]1. The average molecular weight is 300 g/mol. The number of fused-ring (bicyclic) bond motifs is 1. The predicted octanol–water partition coefficient (Wildman–Crippen LogP) is 2.34. The number of hydrogen-bond donors (Lipinski definition) is 2. The van der Waals surface area contributed by atoms with E-state index in [1.54, 1.807) is 0 Å². The van der Waals surface area contributed by atoms with E-state index in [9.17, 15) is 4.79 Å². The van der Waals surface area contributed by atoms with E-state index in [0.29, 0.717) is 5.52 Å². The summed E-state index contributed by atoms with van der Waals surface area (Å²) in [4.78, 5) is 17.8. The number of hydrogen-bond acceptors (Lipinski definition) is 3. The van der Waals surface area contributed by atoms with E-state index in [-0.39, 0.29) is 5.82 Å². The van der Waals surface area contributed by atoms with Gasteiger partial charge >= 0.3 is 5.91 Å². The molecule has 1 amide bonds. The van der Waals surface area contributed by atoms with Gasteiger partial charge in [-0.05, 0) is 40.8 Å². The van der Waals surface area contributed by atoms with Gasteiger partial charge in [0.15, 0.2) is 0 Å². The van der Waals surface area contributed by atoms with E-state index in [1.807, 2.05) is 18.2 Å². The Balaban J connectivity index is 2.62. The van der Waals surface area contributed by atoms with E-state index in [1.165, 1.54) is 0 Å². The number of halogens is 1. The second-order valence-corrected chi connectivity index (χ2v) is 3.91. The van der Waals surface area contributed by atoms with Crippen LogP contribution in [0.3, 0.4) is 0 Å². The van der Waals surface area contributed by atoms with E-state index in [0.717, 1.165) is 9.09 Å². The van der Waals surface area contributed by atoms with Crippen molar-refractivity contribution in [3.8, 4) is 0 Å². The zero-order valence-electron chi connectivity index (χ0n) is 6.91. The molecule has 0 fully saturated rings. The van der Waals surface area contributed by atoms with Crippen molar-refractivity contribution < 1.29 is 4.79 Å². The summed E-state index contributed by atoms with van der Waals surface area (Å²) in [6.07, 6.45) is 0. The van der Waals surface area contributed by atoms with Crippen LogP contribution in [-0.4, -0.2) is 15.9 Å². The zero-order chi connectivity index (χ0) is 10.1. The second kappa shape index (κ2) is 3.45. The van der Waals surface area contributed by atoms with Crippen molar-refractivity contribution in [2.24, 2.45) is 5.11 Å². The van der Waals surface area contributed by atoms with Crippen molar-refractivity contribution >= 4 is 39.5 Å². The van der Waals surface area contributed by atoms with Crippen LogP contribution in [0.1, 0.15) is 10.6 Å². The second-order valence-electron chi connectivity index (χ2n) is 2.66. The first-order valence-corrected chi connectivity index (χ1v) is 4.85. The monoisotopic (exact) mass is 300 g/mol. The lowest BCUT2D eigenvalue weighted by Crippen LogP contribution is -1.95. The maximum Gasteiger partial charge on any atom is 0.330 e. The van der Waals surface area contributed by atoms with Gasteiger partial charge in [0.05, 0.1) is 11.0 Å². The molecule has 0 aliphatic rings. The molecule has 0 unspecified atom stereocenters. The first kappa shape index (κ1) is 9.25. The molecule has 0 atom stereocenters. The molecule has 0 saturated heterocycles. The van der Waals surface area contributed by atoms with Crippen molar-refractivity contribution in [1.82, 2.24) is 9.97 Å². The van der Waals surface area contributed by atoms with Gasteiger partial charge in [0.2, 0.25) is 5.82 Å². The summed E-state index contributed by atoms with van der Waals surface area (Å²) in [5.41, 5.74) is 8.06. The molecule has 70 valence electrons. The maximum atomic E-state index is 11.0. The number of nitrogens with zero attached hydrogens (tertiary/aromatic N) is 2. The Morgan fingerprint density at radius 2 is 2.36 bits per heavy atom. The van der Waals surface area contributed by atoms with Crippen molar-refractivity contribution in [3.63, 3.8) is 0 Å². The first-order valence-electron chi connectivity index (χ1n) is 3.78. The highest BCUT2D eigenvalue weighted by atomic mass is 127. The fourth-order valence-electron chi connectivity index (χ4n) is 1.14. The number of imidazole rings is 1. The Bertz CT molecular complexity index is 519. The lowest BCUT2D eigenvalue weighted by atomic mass is 10.3. The lowest BCUT2D eigenvalue weighted by molar-refractivity contribution is 0.0982. The molecule has 0 radical (unpaired) electrons. The molecule has 0 aliphatic carbocycles. The maximum absolute atomic E-state index is 11.0. The fourth-order valence-corrected chi connectivity index (χ4v) is 1.63. The van der Waals surface area contributed by atoms with Crippen LogP contribution in [-0.2, 0) is 0 Å². The molecule has 0 spiro atoms. The van der Waals surface area contributed by atoms with Gasteiger partial charge in [-0.25, -0.2) is 10.5 Å². The zero-order valence-corrected chi connectivity index (χ0v) is 9.07. The summed E-state index contributed by atoms with van der Waals surface area (Å²) >= 11 is 2.17. The minimum Gasteiger partial charge on any atom is -0.334 e. The van der Waals surface area contributed by atoms with Crippen LogP contribution in [0.15, 0.2) is 23.3 Å². The van der Waals surface area contributed by atoms with Crippen LogP contribution in [0, 0.1) is 9.10 Å². The predicted molar refractivity (Wildman–Crippen MR) is 58.3 cm³/mol. The highest BCUT2D eigenvalue weighted by Crippen LogP contribution is 2.15. The topological polar surface area (TPSA) is 82.0 Å². The number of carbonyl (C=O) groups excluding carboxylic acids is 1. The number of nitrogens with one attached hydrogen (secondary N) is 2. The van der Waals surface area contributed by atoms with Gasteiger partial charge in [0.25, 0.3) is 0 Å². The lowest BCUT2D eigenvalue weighted by Gasteiger charge is -1.87. The molecule has 6 heteroatoms. The minimum absolute atomic E-state index is 0.108. The van der Waals surface area contributed by atoms with Crippen LogP contribution < -0.4 is 0 Å². The number of rotatable bonds is 1. The highest BCUT2D eigenvalue weighted by Gasteiger charge is 2.09.